The van der Waals surface area contributed by atoms with E-state index in [0.717, 1.165) is 64.2 Å². The number of unbranched alkanes of at least 4 members (excludes halogenated alkanes) is 8. The number of allylic oxidation sites excluding steroid dienone is 1. The van der Waals surface area contributed by atoms with E-state index in [1.165, 1.54) is 7.11 Å². The van der Waals surface area contributed by atoms with E-state index in [-0.39, 0.29) is 12.4 Å². The number of ketones is 1. The van der Waals surface area contributed by atoms with Crippen LogP contribution in [0.4, 0.5) is 4.39 Å². The summed E-state index contributed by atoms with van der Waals surface area (Å²) in [5.41, 5.74) is 2.46. The SMILES string of the molecule is CCCCCCC(=O)C(F)=C=CCCCCCCCC(=O)OC. The zero-order valence-electron chi connectivity index (χ0n) is 14.7. The highest BCUT2D eigenvalue weighted by molar-refractivity contribution is 5.92. The first kappa shape index (κ1) is 21.6. The van der Waals surface area contributed by atoms with Gasteiger partial charge in [-0.25, -0.2) is 0 Å². The van der Waals surface area contributed by atoms with Crippen molar-refractivity contribution in [3.8, 4) is 0 Å². The maximum atomic E-state index is 13.5. The monoisotopic (exact) mass is 326 g/mol. The molecule has 0 amide bonds. The molecule has 0 rings (SSSR count). The average Bonchev–Trinajstić information content (AvgIpc) is 2.56. The van der Waals surface area contributed by atoms with Crippen molar-refractivity contribution in [2.75, 3.05) is 7.11 Å². The van der Waals surface area contributed by atoms with Gasteiger partial charge in [-0.2, -0.15) is 4.39 Å². The lowest BCUT2D eigenvalue weighted by Crippen LogP contribution is -1.99. The maximum Gasteiger partial charge on any atom is 0.305 e. The molecule has 0 aliphatic rings. The fourth-order valence-corrected chi connectivity index (χ4v) is 2.21. The van der Waals surface area contributed by atoms with Crippen molar-refractivity contribution in [2.24, 2.45) is 0 Å². The van der Waals surface area contributed by atoms with Crippen molar-refractivity contribution >= 4 is 11.8 Å². The molecular formula is C19H31FO3. The van der Waals surface area contributed by atoms with Gasteiger partial charge in [-0.3, -0.25) is 9.59 Å². The molecule has 0 radical (unpaired) electrons. The number of hydrogen-bond donors (Lipinski definition) is 0. The van der Waals surface area contributed by atoms with Gasteiger partial charge in [0.25, 0.3) is 0 Å². The number of halogens is 1. The molecule has 0 spiro atoms. The van der Waals surface area contributed by atoms with Gasteiger partial charge in [-0.1, -0.05) is 51.2 Å². The quantitative estimate of drug-likeness (QED) is 0.185. The Bertz CT molecular complexity index is 395. The van der Waals surface area contributed by atoms with Gasteiger partial charge < -0.3 is 4.74 Å². The van der Waals surface area contributed by atoms with E-state index in [9.17, 15) is 14.0 Å². The molecule has 3 nitrogen and oxygen atoms in total. The highest BCUT2D eigenvalue weighted by atomic mass is 19.1. The Morgan fingerprint density at radius 3 is 2.26 bits per heavy atom. The minimum Gasteiger partial charge on any atom is -0.469 e. The smallest absolute Gasteiger partial charge is 0.305 e. The summed E-state index contributed by atoms with van der Waals surface area (Å²) in [5.74, 6) is -1.33. The first-order valence-electron chi connectivity index (χ1n) is 8.82. The van der Waals surface area contributed by atoms with Crippen LogP contribution in [-0.4, -0.2) is 18.9 Å². The fraction of sp³-hybridized carbons (Fsp3) is 0.737. The molecule has 4 heteroatoms. The summed E-state index contributed by atoms with van der Waals surface area (Å²) in [7, 11) is 1.40. The van der Waals surface area contributed by atoms with Crippen LogP contribution in [0.2, 0.25) is 0 Å². The molecule has 0 aromatic rings. The van der Waals surface area contributed by atoms with E-state index < -0.39 is 11.6 Å². The van der Waals surface area contributed by atoms with E-state index >= 15 is 0 Å². The molecule has 132 valence electrons. The number of carbonyl (C=O) groups excluding carboxylic acids is 2. The van der Waals surface area contributed by atoms with Crippen molar-refractivity contribution in [3.05, 3.63) is 17.6 Å². The summed E-state index contributed by atoms with van der Waals surface area (Å²) < 4.78 is 18.0. The van der Waals surface area contributed by atoms with Gasteiger partial charge in [-0.15, -0.1) is 0 Å². The third-order valence-corrected chi connectivity index (χ3v) is 3.69. The Morgan fingerprint density at radius 1 is 0.957 bits per heavy atom. The number of rotatable bonds is 14. The van der Waals surface area contributed by atoms with E-state index in [2.05, 4.69) is 17.4 Å². The lowest BCUT2D eigenvalue weighted by Gasteiger charge is -1.99. The first-order valence-corrected chi connectivity index (χ1v) is 8.82. The molecule has 0 N–H and O–H groups in total. The third kappa shape index (κ3) is 13.9. The Hall–Kier alpha value is -1.41. The summed E-state index contributed by atoms with van der Waals surface area (Å²) in [6, 6.07) is 0. The second-order valence-electron chi connectivity index (χ2n) is 5.78. The largest absolute Gasteiger partial charge is 0.469 e. The minimum atomic E-state index is -0.737. The van der Waals surface area contributed by atoms with Gasteiger partial charge in [0.1, 0.15) is 0 Å². The lowest BCUT2D eigenvalue weighted by molar-refractivity contribution is -0.140. The average molecular weight is 326 g/mol. The van der Waals surface area contributed by atoms with Crippen molar-refractivity contribution in [3.63, 3.8) is 0 Å². The van der Waals surface area contributed by atoms with Crippen LogP contribution in [0.15, 0.2) is 17.6 Å². The van der Waals surface area contributed by atoms with Gasteiger partial charge >= 0.3 is 5.97 Å². The highest BCUT2D eigenvalue weighted by Crippen LogP contribution is 2.10. The molecule has 0 bridgehead atoms. The zero-order valence-corrected chi connectivity index (χ0v) is 14.7. The summed E-state index contributed by atoms with van der Waals surface area (Å²) in [6.45, 7) is 2.10. The molecule has 0 fully saturated rings. The summed E-state index contributed by atoms with van der Waals surface area (Å²) in [6.07, 6.45) is 11.9. The number of carbonyl (C=O) groups is 2. The van der Waals surface area contributed by atoms with E-state index in [4.69, 9.17) is 0 Å². The summed E-state index contributed by atoms with van der Waals surface area (Å²) in [5, 5.41) is 0. The Labute approximate surface area is 140 Å². The van der Waals surface area contributed by atoms with Gasteiger partial charge in [0.15, 0.2) is 5.78 Å². The van der Waals surface area contributed by atoms with E-state index in [1.54, 1.807) is 6.08 Å². The summed E-state index contributed by atoms with van der Waals surface area (Å²) in [4.78, 5) is 22.4. The van der Waals surface area contributed by atoms with Gasteiger partial charge in [0.05, 0.1) is 7.11 Å². The molecule has 0 saturated carbocycles. The van der Waals surface area contributed by atoms with Crippen LogP contribution >= 0.6 is 0 Å². The molecule has 0 unspecified atom stereocenters. The fourth-order valence-electron chi connectivity index (χ4n) is 2.21. The van der Waals surface area contributed by atoms with E-state index in [0.29, 0.717) is 6.42 Å². The normalized spacial score (nSPS) is 10.0. The van der Waals surface area contributed by atoms with Crippen LogP contribution in [0.25, 0.3) is 0 Å². The van der Waals surface area contributed by atoms with Crippen LogP contribution in [0.5, 0.6) is 0 Å². The number of esters is 1. The first-order chi connectivity index (χ1) is 11.1. The molecule has 0 saturated heterocycles. The van der Waals surface area contributed by atoms with Crippen molar-refractivity contribution in [1.82, 2.24) is 0 Å². The van der Waals surface area contributed by atoms with Crippen LogP contribution in [0.1, 0.15) is 84.0 Å². The van der Waals surface area contributed by atoms with Gasteiger partial charge in [0.2, 0.25) is 5.83 Å². The molecule has 0 aromatic carbocycles. The predicted octanol–water partition coefficient (Wildman–Crippen LogP) is 5.44. The van der Waals surface area contributed by atoms with Crippen LogP contribution < -0.4 is 0 Å². The second kappa shape index (κ2) is 15.5. The van der Waals surface area contributed by atoms with Gasteiger partial charge in [-0.05, 0) is 31.8 Å². The highest BCUT2D eigenvalue weighted by Gasteiger charge is 2.06. The standard InChI is InChI=1S/C19H31FO3/c1-3-4-5-12-15-18(21)17(20)14-11-9-7-6-8-10-13-16-19(22)23-2/h11H,3-10,12-13,15-16H2,1-2H3. The number of methoxy groups -OCH3 is 1. The summed E-state index contributed by atoms with van der Waals surface area (Å²) >= 11 is 0. The number of ether oxygens (including phenoxy) is 1. The topological polar surface area (TPSA) is 43.4 Å². The Kier molecular flexibility index (Phi) is 14.5. The molecule has 0 aliphatic heterocycles. The van der Waals surface area contributed by atoms with Crippen molar-refractivity contribution in [1.29, 1.82) is 0 Å². The third-order valence-electron chi connectivity index (χ3n) is 3.69. The molecule has 0 aliphatic carbocycles. The molecule has 0 heterocycles. The van der Waals surface area contributed by atoms with Crippen LogP contribution in [0, 0.1) is 0 Å². The Balaban J connectivity index is 3.66. The maximum absolute atomic E-state index is 13.5. The number of hydrogen-bond acceptors (Lipinski definition) is 3. The second-order valence-corrected chi connectivity index (χ2v) is 5.78. The predicted molar refractivity (Wildman–Crippen MR) is 90.8 cm³/mol. The molecule has 23 heavy (non-hydrogen) atoms. The number of Topliss-reactive ketones (excluding diaryl/α,β-unsaturated/α-hetero) is 1. The van der Waals surface area contributed by atoms with Crippen LogP contribution in [0.3, 0.4) is 0 Å². The van der Waals surface area contributed by atoms with Crippen LogP contribution in [-0.2, 0) is 14.3 Å². The van der Waals surface area contributed by atoms with E-state index in [1.807, 2.05) is 0 Å². The lowest BCUT2D eigenvalue weighted by atomic mass is 10.1. The molecular weight excluding hydrogens is 295 g/mol. The minimum absolute atomic E-state index is 0.159. The van der Waals surface area contributed by atoms with Gasteiger partial charge in [0, 0.05) is 12.8 Å². The molecule has 0 aromatic heterocycles. The van der Waals surface area contributed by atoms with Crippen molar-refractivity contribution in [2.45, 2.75) is 84.0 Å². The Morgan fingerprint density at radius 2 is 1.57 bits per heavy atom. The van der Waals surface area contributed by atoms with Crippen molar-refractivity contribution < 1.29 is 18.7 Å². The molecule has 0 atom stereocenters. The zero-order chi connectivity index (χ0) is 17.3.